The molecular formula is C10H12O. The van der Waals surface area contributed by atoms with Gasteiger partial charge in [-0.2, -0.15) is 0 Å². The Labute approximate surface area is 68.4 Å². The number of rotatable bonds is 3. The minimum Gasteiger partial charge on any atom is -0.388 e. The standard InChI is InChI=1S/C10H12O/c1-2-6-10(11)9-7-4-3-5-8-9/h2-5,7-8,10-11H,1,6H2/t10-/m0/s1/i6D/t6-,10+/m1. The lowest BCUT2D eigenvalue weighted by Crippen LogP contribution is -1.93. The summed E-state index contributed by atoms with van der Waals surface area (Å²) in [7, 11) is 0. The number of hydrogen-bond donors (Lipinski definition) is 1. The lowest BCUT2D eigenvalue weighted by atomic mass is 10.1. The van der Waals surface area contributed by atoms with Crippen molar-refractivity contribution in [3.8, 4) is 0 Å². The Kier molecular flexibility index (Phi) is 2.37. The third-order valence-corrected chi connectivity index (χ3v) is 1.46. The second kappa shape index (κ2) is 3.94. The molecule has 1 aromatic carbocycles. The molecule has 0 amide bonds. The topological polar surface area (TPSA) is 20.2 Å². The van der Waals surface area contributed by atoms with Crippen molar-refractivity contribution in [1.29, 1.82) is 0 Å². The zero-order valence-corrected chi connectivity index (χ0v) is 6.27. The van der Waals surface area contributed by atoms with Gasteiger partial charge in [0.25, 0.3) is 0 Å². The van der Waals surface area contributed by atoms with Gasteiger partial charge in [-0.3, -0.25) is 0 Å². The molecule has 0 bridgehead atoms. The molecule has 1 N–H and O–H groups in total. The highest BCUT2D eigenvalue weighted by Gasteiger charge is 2.02. The van der Waals surface area contributed by atoms with E-state index in [1.165, 1.54) is 6.08 Å². The summed E-state index contributed by atoms with van der Waals surface area (Å²) < 4.78 is 7.40. The van der Waals surface area contributed by atoms with Gasteiger partial charge in [-0.15, -0.1) is 6.58 Å². The summed E-state index contributed by atoms with van der Waals surface area (Å²) in [5, 5.41) is 9.53. The van der Waals surface area contributed by atoms with Crippen LogP contribution in [0.15, 0.2) is 43.0 Å². The van der Waals surface area contributed by atoms with E-state index in [0.717, 1.165) is 5.56 Å². The predicted octanol–water partition coefficient (Wildman–Crippen LogP) is 2.30. The molecule has 0 saturated heterocycles. The smallest absolute Gasteiger partial charge is 0.0824 e. The van der Waals surface area contributed by atoms with Crippen LogP contribution < -0.4 is 0 Å². The largest absolute Gasteiger partial charge is 0.388 e. The molecule has 0 heterocycles. The number of hydrogen-bond acceptors (Lipinski definition) is 1. The van der Waals surface area contributed by atoms with Crippen molar-refractivity contribution in [3.63, 3.8) is 0 Å². The molecule has 1 rings (SSSR count). The number of benzene rings is 1. The summed E-state index contributed by atoms with van der Waals surface area (Å²) in [6.07, 6.45) is 0.0219. The second-order valence-electron chi connectivity index (χ2n) is 2.28. The van der Waals surface area contributed by atoms with E-state index in [2.05, 4.69) is 6.58 Å². The Bertz CT molecular complexity index is 245. The lowest BCUT2D eigenvalue weighted by molar-refractivity contribution is 0.181. The van der Waals surface area contributed by atoms with E-state index in [0.29, 0.717) is 0 Å². The summed E-state index contributed by atoms with van der Waals surface area (Å²) in [5.74, 6) is 0. The molecule has 0 unspecified atom stereocenters. The van der Waals surface area contributed by atoms with Crippen molar-refractivity contribution in [3.05, 3.63) is 48.6 Å². The average Bonchev–Trinajstić information content (AvgIpc) is 2.17. The van der Waals surface area contributed by atoms with Crippen LogP contribution in [0.5, 0.6) is 0 Å². The molecule has 0 aliphatic heterocycles. The third kappa shape index (κ3) is 2.20. The highest BCUT2D eigenvalue weighted by atomic mass is 16.3. The summed E-state index contributed by atoms with van der Waals surface area (Å²) in [4.78, 5) is 0. The van der Waals surface area contributed by atoms with Gasteiger partial charge in [0.05, 0.1) is 6.10 Å². The van der Waals surface area contributed by atoms with E-state index >= 15 is 0 Å². The van der Waals surface area contributed by atoms with E-state index in [1.54, 1.807) is 12.1 Å². The Balaban J connectivity index is 2.78. The molecule has 0 radical (unpaired) electrons. The van der Waals surface area contributed by atoms with Gasteiger partial charge in [-0.25, -0.2) is 0 Å². The first-order chi connectivity index (χ1) is 5.75. The van der Waals surface area contributed by atoms with Gasteiger partial charge in [0.1, 0.15) is 0 Å². The SMILES string of the molecule is [2H][C@H](C=C)[C@H](O)c1ccccc1. The summed E-state index contributed by atoms with van der Waals surface area (Å²) in [6.45, 7) is 3.46. The van der Waals surface area contributed by atoms with Crippen LogP contribution in [-0.2, 0) is 0 Å². The fourth-order valence-corrected chi connectivity index (χ4v) is 0.890. The summed E-state index contributed by atoms with van der Waals surface area (Å²) >= 11 is 0. The fourth-order valence-electron chi connectivity index (χ4n) is 0.890. The van der Waals surface area contributed by atoms with Crippen molar-refractivity contribution >= 4 is 0 Å². The van der Waals surface area contributed by atoms with Crippen LogP contribution in [0.3, 0.4) is 0 Å². The van der Waals surface area contributed by atoms with E-state index in [-0.39, 0.29) is 0 Å². The molecule has 1 aromatic rings. The van der Waals surface area contributed by atoms with E-state index in [9.17, 15) is 5.11 Å². The van der Waals surface area contributed by atoms with Gasteiger partial charge in [-0.05, 0) is 12.0 Å². The molecular weight excluding hydrogens is 136 g/mol. The van der Waals surface area contributed by atoms with Crippen molar-refractivity contribution in [2.24, 2.45) is 0 Å². The van der Waals surface area contributed by atoms with E-state index < -0.39 is 12.5 Å². The van der Waals surface area contributed by atoms with Crippen molar-refractivity contribution < 1.29 is 6.48 Å². The molecule has 58 valence electrons. The maximum atomic E-state index is 9.53. The minimum absolute atomic E-state index is 0.646. The van der Waals surface area contributed by atoms with Crippen LogP contribution in [0.2, 0.25) is 0 Å². The van der Waals surface area contributed by atoms with Gasteiger partial charge in [-0.1, -0.05) is 36.4 Å². The molecule has 0 saturated carbocycles. The lowest BCUT2D eigenvalue weighted by Gasteiger charge is -2.06. The number of aliphatic hydroxyl groups excluding tert-OH is 1. The minimum atomic E-state index is -0.760. The van der Waals surface area contributed by atoms with Crippen LogP contribution in [0.1, 0.15) is 19.4 Å². The molecule has 0 aliphatic rings. The molecule has 0 aromatic heterocycles. The first-order valence-corrected chi connectivity index (χ1v) is 3.53. The molecule has 1 nitrogen and oxygen atoms in total. The van der Waals surface area contributed by atoms with Crippen LogP contribution in [0.25, 0.3) is 0 Å². The van der Waals surface area contributed by atoms with E-state index in [1.807, 2.05) is 18.2 Å². The van der Waals surface area contributed by atoms with Gasteiger partial charge in [0.15, 0.2) is 0 Å². The second-order valence-corrected chi connectivity index (χ2v) is 2.28. The van der Waals surface area contributed by atoms with Crippen LogP contribution >= 0.6 is 0 Å². The monoisotopic (exact) mass is 149 g/mol. The quantitative estimate of drug-likeness (QED) is 0.654. The molecule has 2 atom stereocenters. The normalized spacial score (nSPS) is 16.6. The molecule has 1 heteroatoms. The predicted molar refractivity (Wildman–Crippen MR) is 46.2 cm³/mol. The first kappa shape index (κ1) is 6.62. The van der Waals surface area contributed by atoms with Gasteiger partial charge < -0.3 is 5.11 Å². The van der Waals surface area contributed by atoms with Crippen LogP contribution in [0, 0.1) is 0 Å². The Morgan fingerprint density at radius 3 is 2.73 bits per heavy atom. The fraction of sp³-hybridized carbons (Fsp3) is 0.200. The van der Waals surface area contributed by atoms with Crippen molar-refractivity contribution in [1.82, 2.24) is 0 Å². The van der Waals surface area contributed by atoms with Crippen molar-refractivity contribution in [2.45, 2.75) is 12.5 Å². The molecule has 0 aliphatic carbocycles. The average molecular weight is 149 g/mol. The van der Waals surface area contributed by atoms with Gasteiger partial charge in [0.2, 0.25) is 0 Å². The molecule has 0 spiro atoms. The maximum absolute atomic E-state index is 9.53. The Morgan fingerprint density at radius 1 is 1.55 bits per heavy atom. The Morgan fingerprint density at radius 2 is 2.18 bits per heavy atom. The van der Waals surface area contributed by atoms with Gasteiger partial charge in [0, 0.05) is 1.37 Å². The first-order valence-electron chi connectivity index (χ1n) is 4.11. The highest BCUT2D eigenvalue weighted by Crippen LogP contribution is 2.15. The zero-order valence-electron chi connectivity index (χ0n) is 7.27. The van der Waals surface area contributed by atoms with Gasteiger partial charge >= 0.3 is 0 Å². The zero-order chi connectivity index (χ0) is 8.97. The maximum Gasteiger partial charge on any atom is 0.0824 e. The van der Waals surface area contributed by atoms with E-state index in [4.69, 9.17) is 1.37 Å². The molecule has 0 fully saturated rings. The molecule has 11 heavy (non-hydrogen) atoms. The van der Waals surface area contributed by atoms with Crippen LogP contribution in [0.4, 0.5) is 0 Å². The number of aliphatic hydroxyl groups is 1. The Hall–Kier alpha value is -1.08. The highest BCUT2D eigenvalue weighted by molar-refractivity contribution is 5.17. The van der Waals surface area contributed by atoms with Crippen molar-refractivity contribution in [2.75, 3.05) is 0 Å². The van der Waals surface area contributed by atoms with Crippen LogP contribution in [-0.4, -0.2) is 5.11 Å². The third-order valence-electron chi connectivity index (χ3n) is 1.46. The summed E-state index contributed by atoms with van der Waals surface area (Å²) in [5.41, 5.74) is 0.761. The summed E-state index contributed by atoms with van der Waals surface area (Å²) in [6, 6.07) is 9.16.